The molecule has 0 saturated heterocycles. The quantitative estimate of drug-likeness (QED) is 0.217. The van der Waals surface area contributed by atoms with Crippen LogP contribution in [0.25, 0.3) is 44.8 Å². The van der Waals surface area contributed by atoms with Crippen molar-refractivity contribution in [3.8, 4) is 33.8 Å². The Bertz CT molecular complexity index is 1730. The van der Waals surface area contributed by atoms with E-state index in [1.54, 1.807) is 6.92 Å². The molecule has 38 heavy (non-hydrogen) atoms. The van der Waals surface area contributed by atoms with Gasteiger partial charge in [-0.05, 0) is 55.2 Å². The highest BCUT2D eigenvalue weighted by atomic mass is 16.5. The average molecular weight is 507 g/mol. The van der Waals surface area contributed by atoms with Gasteiger partial charge in [-0.3, -0.25) is 4.79 Å². The Labute approximate surface area is 218 Å². The lowest BCUT2D eigenvalue weighted by Gasteiger charge is -2.12. The van der Waals surface area contributed by atoms with E-state index in [2.05, 4.69) is 32.0 Å². The summed E-state index contributed by atoms with van der Waals surface area (Å²) in [7, 11) is 1.93. The van der Waals surface area contributed by atoms with E-state index in [1.165, 1.54) is 6.33 Å². The van der Waals surface area contributed by atoms with Crippen LogP contribution in [0.3, 0.4) is 0 Å². The molecule has 0 radical (unpaired) electrons. The zero-order chi connectivity index (χ0) is 26.6. The predicted molar refractivity (Wildman–Crippen MR) is 147 cm³/mol. The largest absolute Gasteiger partial charge is 0.398 e. The highest BCUT2D eigenvalue weighted by Crippen LogP contribution is 2.44. The number of carbonyl (C=O) groups excluding carboxylic acids is 1. The van der Waals surface area contributed by atoms with Gasteiger partial charge in [0.05, 0.1) is 11.1 Å². The Morgan fingerprint density at radius 2 is 1.84 bits per heavy atom. The van der Waals surface area contributed by atoms with Gasteiger partial charge in [-0.15, -0.1) is 0 Å². The van der Waals surface area contributed by atoms with Crippen molar-refractivity contribution in [3.05, 3.63) is 66.8 Å². The molecule has 6 rings (SSSR count). The predicted octanol–water partition coefficient (Wildman–Crippen LogP) is 4.91. The van der Waals surface area contributed by atoms with E-state index in [1.807, 2.05) is 54.1 Å². The lowest BCUT2D eigenvalue weighted by Crippen LogP contribution is -2.11. The summed E-state index contributed by atoms with van der Waals surface area (Å²) in [6.07, 6.45) is 3.60. The fourth-order valence-corrected chi connectivity index (χ4v) is 4.61. The second-order valence-electron chi connectivity index (χ2n) is 9.58. The Hall–Kier alpha value is -4.99. The van der Waals surface area contributed by atoms with E-state index in [0.29, 0.717) is 51.6 Å². The second kappa shape index (κ2) is 8.84. The summed E-state index contributed by atoms with van der Waals surface area (Å²) < 4.78 is 7.41. The summed E-state index contributed by atoms with van der Waals surface area (Å²) in [5.41, 5.74) is 19.4. The maximum absolute atomic E-state index is 12.0. The number of anilines is 3. The molecule has 0 bridgehead atoms. The minimum Gasteiger partial charge on any atom is -0.398 e. The molecule has 5 aromatic rings. The van der Waals surface area contributed by atoms with Crippen molar-refractivity contribution >= 4 is 34.1 Å². The summed E-state index contributed by atoms with van der Waals surface area (Å²) in [4.78, 5) is 25.3. The van der Waals surface area contributed by atoms with Gasteiger partial charge in [0, 0.05) is 41.0 Å². The van der Waals surface area contributed by atoms with Crippen LogP contribution in [0, 0.1) is 0 Å². The first-order valence-electron chi connectivity index (χ1n) is 12.2. The van der Waals surface area contributed by atoms with Crippen molar-refractivity contribution in [2.75, 3.05) is 16.8 Å². The van der Waals surface area contributed by atoms with Crippen LogP contribution in [0.4, 0.5) is 17.2 Å². The molecular weight excluding hydrogens is 480 g/mol. The molecule has 1 fully saturated rings. The lowest BCUT2D eigenvalue weighted by molar-refractivity contribution is -0.112. The minimum absolute atomic E-state index is 0.229. The number of hydrogen-bond donors (Lipinski definition) is 3. The molecule has 0 atom stereocenters. The molecule has 0 spiro atoms. The van der Waals surface area contributed by atoms with Crippen LogP contribution in [0.5, 0.6) is 0 Å². The molecule has 0 unspecified atom stereocenters. The zero-order valence-electron chi connectivity index (χ0n) is 21.0. The summed E-state index contributed by atoms with van der Waals surface area (Å²) >= 11 is 0. The molecule has 3 aromatic heterocycles. The van der Waals surface area contributed by atoms with Gasteiger partial charge in [-0.25, -0.2) is 9.97 Å². The van der Waals surface area contributed by atoms with Crippen LogP contribution in [-0.2, 0) is 11.8 Å². The Morgan fingerprint density at radius 1 is 1.11 bits per heavy atom. The highest BCUT2D eigenvalue weighted by Gasteiger charge is 2.30. The molecule has 0 aliphatic heterocycles. The number of nitrogens with two attached hydrogens (primary N) is 2. The molecule has 10 heteroatoms. The molecular formula is C28H26N8O2. The van der Waals surface area contributed by atoms with Gasteiger partial charge in [-0.1, -0.05) is 29.9 Å². The van der Waals surface area contributed by atoms with Gasteiger partial charge in [0.25, 0.3) is 5.91 Å². The second-order valence-corrected chi connectivity index (χ2v) is 9.58. The van der Waals surface area contributed by atoms with Crippen LogP contribution in [0.15, 0.2) is 65.5 Å². The molecule has 2 aromatic carbocycles. The number of nitrogen functional groups attached to an aromatic ring is 2. The summed E-state index contributed by atoms with van der Waals surface area (Å²) in [6.45, 7) is 5.35. The molecule has 1 amide bonds. The standard InChI is InChI=1S/C28H26N8O2/c1-14(2)27(37)33-18-9-6-15(7-10-18)23-21(22-24(30)31-13-32-26(22)36(23)3)17-8-11-19(20(29)12-17)25-34-28(38-35-25)16-4-5-16/h6-13,16H,1,4-5,29H2,2-3H3,(H,33,37)(H2,30,31,32). The van der Waals surface area contributed by atoms with Crippen LogP contribution in [0.1, 0.15) is 31.6 Å². The van der Waals surface area contributed by atoms with Crippen LogP contribution < -0.4 is 16.8 Å². The summed E-state index contributed by atoms with van der Waals surface area (Å²) in [5.74, 6) is 1.63. The number of aromatic nitrogens is 5. The number of carbonyl (C=O) groups is 1. The molecule has 190 valence electrons. The molecule has 3 heterocycles. The average Bonchev–Trinajstić information content (AvgIpc) is 3.56. The first-order valence-corrected chi connectivity index (χ1v) is 12.2. The summed E-state index contributed by atoms with van der Waals surface area (Å²) in [6, 6.07) is 13.3. The molecule has 10 nitrogen and oxygen atoms in total. The van der Waals surface area contributed by atoms with E-state index >= 15 is 0 Å². The van der Waals surface area contributed by atoms with E-state index in [4.69, 9.17) is 16.0 Å². The van der Waals surface area contributed by atoms with Crippen molar-refractivity contribution < 1.29 is 9.32 Å². The number of nitrogens with zero attached hydrogens (tertiary/aromatic N) is 5. The Kier molecular flexibility index (Phi) is 5.45. The lowest BCUT2D eigenvalue weighted by atomic mass is 9.96. The Balaban J connectivity index is 1.47. The van der Waals surface area contributed by atoms with E-state index < -0.39 is 0 Å². The first kappa shape index (κ1) is 23.4. The number of aryl methyl sites for hydroxylation is 1. The number of amides is 1. The number of nitrogens with one attached hydrogen (secondary N) is 1. The fourth-order valence-electron chi connectivity index (χ4n) is 4.61. The van der Waals surface area contributed by atoms with Crippen molar-refractivity contribution in [3.63, 3.8) is 0 Å². The Morgan fingerprint density at radius 3 is 2.53 bits per heavy atom. The monoisotopic (exact) mass is 506 g/mol. The maximum Gasteiger partial charge on any atom is 0.250 e. The number of hydrogen-bond acceptors (Lipinski definition) is 8. The third kappa shape index (κ3) is 3.96. The van der Waals surface area contributed by atoms with Gasteiger partial charge in [-0.2, -0.15) is 4.98 Å². The zero-order valence-corrected chi connectivity index (χ0v) is 21.0. The van der Waals surface area contributed by atoms with Crippen molar-refractivity contribution in [1.82, 2.24) is 24.7 Å². The number of rotatable bonds is 6. The maximum atomic E-state index is 12.0. The van der Waals surface area contributed by atoms with Gasteiger partial charge in [0.1, 0.15) is 17.8 Å². The van der Waals surface area contributed by atoms with E-state index in [-0.39, 0.29) is 5.91 Å². The molecule has 1 saturated carbocycles. The van der Waals surface area contributed by atoms with E-state index in [9.17, 15) is 4.79 Å². The highest BCUT2D eigenvalue weighted by molar-refractivity contribution is 6.08. The van der Waals surface area contributed by atoms with Gasteiger partial charge in [0.2, 0.25) is 11.7 Å². The minimum atomic E-state index is -0.229. The van der Waals surface area contributed by atoms with Crippen molar-refractivity contribution in [2.45, 2.75) is 25.7 Å². The topological polar surface area (TPSA) is 151 Å². The van der Waals surface area contributed by atoms with Gasteiger partial charge < -0.3 is 25.9 Å². The SMILES string of the molecule is C=C(C)C(=O)Nc1ccc(-c2c(-c3ccc(-c4noc(C5CC5)n4)c(N)c3)c3c(N)ncnc3n2C)cc1. The molecule has 5 N–H and O–H groups in total. The van der Waals surface area contributed by atoms with Gasteiger partial charge in [0.15, 0.2) is 0 Å². The smallest absolute Gasteiger partial charge is 0.250 e. The van der Waals surface area contributed by atoms with Crippen LogP contribution in [0.2, 0.25) is 0 Å². The normalized spacial score (nSPS) is 13.1. The molecule has 1 aliphatic rings. The van der Waals surface area contributed by atoms with Crippen LogP contribution >= 0.6 is 0 Å². The van der Waals surface area contributed by atoms with Gasteiger partial charge >= 0.3 is 0 Å². The summed E-state index contributed by atoms with van der Waals surface area (Å²) in [5, 5.41) is 7.70. The van der Waals surface area contributed by atoms with Crippen molar-refractivity contribution in [1.29, 1.82) is 0 Å². The first-order chi connectivity index (χ1) is 18.3. The number of fused-ring (bicyclic) bond motifs is 1. The van der Waals surface area contributed by atoms with Crippen LogP contribution in [-0.4, -0.2) is 30.6 Å². The third-order valence-electron chi connectivity index (χ3n) is 6.75. The number of benzene rings is 2. The molecule has 1 aliphatic carbocycles. The third-order valence-corrected chi connectivity index (χ3v) is 6.75. The van der Waals surface area contributed by atoms with E-state index in [0.717, 1.165) is 40.6 Å². The van der Waals surface area contributed by atoms with Crippen molar-refractivity contribution in [2.24, 2.45) is 7.05 Å². The fraction of sp³-hybridized carbons (Fsp3) is 0.179.